The van der Waals surface area contributed by atoms with Crippen LogP contribution < -0.4 is 5.32 Å². The molecule has 0 aliphatic rings. The smallest absolute Gasteiger partial charge is 0.0931 e. The summed E-state index contributed by atoms with van der Waals surface area (Å²) in [7, 11) is 1.90. The van der Waals surface area contributed by atoms with E-state index in [9.17, 15) is 0 Å². The SMILES string of the molecule is CNC(c1cc(Cl)cc(Cl)c1)c1ccc(Cl)s1. The van der Waals surface area contributed by atoms with Crippen molar-refractivity contribution in [3.05, 3.63) is 55.2 Å². The van der Waals surface area contributed by atoms with Crippen molar-refractivity contribution in [2.24, 2.45) is 0 Å². The molecule has 1 heterocycles. The van der Waals surface area contributed by atoms with Crippen molar-refractivity contribution in [2.75, 3.05) is 7.05 Å². The number of nitrogens with one attached hydrogen (secondary N) is 1. The highest BCUT2D eigenvalue weighted by atomic mass is 35.5. The van der Waals surface area contributed by atoms with Gasteiger partial charge < -0.3 is 5.32 Å². The molecule has 0 bridgehead atoms. The minimum atomic E-state index is 0.0590. The van der Waals surface area contributed by atoms with Gasteiger partial charge in [-0.15, -0.1) is 11.3 Å². The minimum absolute atomic E-state index is 0.0590. The van der Waals surface area contributed by atoms with E-state index in [0.717, 1.165) is 14.8 Å². The molecule has 1 aromatic carbocycles. The van der Waals surface area contributed by atoms with Crippen LogP contribution in [0.15, 0.2) is 30.3 Å². The van der Waals surface area contributed by atoms with Crippen LogP contribution in [0, 0.1) is 0 Å². The van der Waals surface area contributed by atoms with E-state index in [4.69, 9.17) is 34.8 Å². The van der Waals surface area contributed by atoms with Crippen LogP contribution in [0.1, 0.15) is 16.5 Å². The van der Waals surface area contributed by atoms with E-state index in [1.54, 1.807) is 17.4 Å². The summed E-state index contributed by atoms with van der Waals surface area (Å²) in [5.74, 6) is 0. The quantitative estimate of drug-likeness (QED) is 0.840. The average Bonchev–Trinajstić information content (AvgIpc) is 2.64. The largest absolute Gasteiger partial charge is 0.309 e. The number of hydrogen-bond acceptors (Lipinski definition) is 2. The Balaban J connectivity index is 2.41. The van der Waals surface area contributed by atoms with Gasteiger partial charge in [0.25, 0.3) is 0 Å². The van der Waals surface area contributed by atoms with E-state index in [-0.39, 0.29) is 6.04 Å². The van der Waals surface area contributed by atoms with Crippen LogP contribution in [0.2, 0.25) is 14.4 Å². The number of benzene rings is 1. The van der Waals surface area contributed by atoms with Gasteiger partial charge in [0.15, 0.2) is 0 Å². The lowest BCUT2D eigenvalue weighted by Gasteiger charge is -2.15. The Morgan fingerprint density at radius 2 is 1.71 bits per heavy atom. The third-order valence-electron chi connectivity index (χ3n) is 2.39. The summed E-state index contributed by atoms with van der Waals surface area (Å²) in [6, 6.07) is 9.48. The van der Waals surface area contributed by atoms with E-state index in [1.807, 2.05) is 31.3 Å². The molecule has 17 heavy (non-hydrogen) atoms. The predicted molar refractivity (Wildman–Crippen MR) is 76.7 cm³/mol. The van der Waals surface area contributed by atoms with E-state index < -0.39 is 0 Å². The first-order valence-electron chi connectivity index (χ1n) is 4.98. The van der Waals surface area contributed by atoms with Crippen LogP contribution in [0.4, 0.5) is 0 Å². The lowest BCUT2D eigenvalue weighted by molar-refractivity contribution is 0.704. The van der Waals surface area contributed by atoms with Gasteiger partial charge in [-0.2, -0.15) is 0 Å². The highest BCUT2D eigenvalue weighted by Crippen LogP contribution is 2.33. The van der Waals surface area contributed by atoms with Gasteiger partial charge in [0, 0.05) is 14.9 Å². The van der Waals surface area contributed by atoms with Crippen molar-refractivity contribution >= 4 is 46.1 Å². The van der Waals surface area contributed by atoms with Gasteiger partial charge in [-0.1, -0.05) is 34.8 Å². The molecule has 1 unspecified atom stereocenters. The summed E-state index contributed by atoms with van der Waals surface area (Å²) in [4.78, 5) is 1.14. The molecule has 0 aliphatic carbocycles. The van der Waals surface area contributed by atoms with Gasteiger partial charge in [0.05, 0.1) is 10.4 Å². The first-order valence-corrected chi connectivity index (χ1v) is 6.93. The Morgan fingerprint density at radius 3 is 2.18 bits per heavy atom. The van der Waals surface area contributed by atoms with Crippen LogP contribution in [-0.2, 0) is 0 Å². The fourth-order valence-electron chi connectivity index (χ4n) is 1.70. The molecular weight excluding hydrogens is 297 g/mol. The zero-order valence-electron chi connectivity index (χ0n) is 9.01. The lowest BCUT2D eigenvalue weighted by atomic mass is 10.1. The highest BCUT2D eigenvalue weighted by Gasteiger charge is 2.15. The molecule has 0 spiro atoms. The molecule has 2 aromatic rings. The van der Waals surface area contributed by atoms with Crippen LogP contribution in [0.3, 0.4) is 0 Å². The first kappa shape index (κ1) is 13.2. The third kappa shape index (κ3) is 3.15. The maximum absolute atomic E-state index is 6.01. The number of halogens is 3. The van der Waals surface area contributed by atoms with Crippen LogP contribution in [-0.4, -0.2) is 7.05 Å². The fourth-order valence-corrected chi connectivity index (χ4v) is 3.44. The Bertz CT molecular complexity index is 504. The van der Waals surface area contributed by atoms with Crippen LogP contribution >= 0.6 is 46.1 Å². The second kappa shape index (κ2) is 5.59. The number of hydrogen-bond donors (Lipinski definition) is 1. The number of rotatable bonds is 3. The van der Waals surface area contributed by atoms with Crippen molar-refractivity contribution in [3.8, 4) is 0 Å². The van der Waals surface area contributed by atoms with E-state index in [1.165, 1.54) is 0 Å². The number of thiophene rings is 1. The molecule has 90 valence electrons. The van der Waals surface area contributed by atoms with Crippen molar-refractivity contribution in [2.45, 2.75) is 6.04 Å². The summed E-state index contributed by atoms with van der Waals surface area (Å²) >= 11 is 19.5. The predicted octanol–water partition coefficient (Wildman–Crippen LogP) is 5.02. The summed E-state index contributed by atoms with van der Waals surface area (Å²) in [6.45, 7) is 0. The summed E-state index contributed by atoms with van der Waals surface area (Å²) in [6.07, 6.45) is 0. The molecule has 0 saturated heterocycles. The Kier molecular flexibility index (Phi) is 4.34. The van der Waals surface area contributed by atoms with Crippen molar-refractivity contribution in [1.82, 2.24) is 5.32 Å². The van der Waals surface area contributed by atoms with Crippen molar-refractivity contribution < 1.29 is 0 Å². The van der Waals surface area contributed by atoms with E-state index in [0.29, 0.717) is 10.0 Å². The molecule has 5 heteroatoms. The van der Waals surface area contributed by atoms with Crippen LogP contribution in [0.25, 0.3) is 0 Å². The molecule has 0 saturated carbocycles. The van der Waals surface area contributed by atoms with Gasteiger partial charge in [-0.25, -0.2) is 0 Å². The molecule has 0 aliphatic heterocycles. The zero-order valence-corrected chi connectivity index (χ0v) is 12.1. The van der Waals surface area contributed by atoms with Gasteiger partial charge >= 0.3 is 0 Å². The van der Waals surface area contributed by atoms with E-state index in [2.05, 4.69) is 5.32 Å². The normalized spacial score (nSPS) is 12.7. The Hall–Kier alpha value is -0.250. The minimum Gasteiger partial charge on any atom is -0.309 e. The maximum Gasteiger partial charge on any atom is 0.0931 e. The van der Waals surface area contributed by atoms with Gasteiger partial charge in [-0.05, 0) is 42.9 Å². The highest BCUT2D eigenvalue weighted by molar-refractivity contribution is 7.16. The van der Waals surface area contributed by atoms with Crippen LogP contribution in [0.5, 0.6) is 0 Å². The molecular formula is C12H10Cl3NS. The molecule has 0 fully saturated rings. The second-order valence-corrected chi connectivity index (χ2v) is 6.19. The molecule has 1 N–H and O–H groups in total. The topological polar surface area (TPSA) is 12.0 Å². The molecule has 0 amide bonds. The summed E-state index contributed by atoms with van der Waals surface area (Å²) < 4.78 is 0.772. The summed E-state index contributed by atoms with van der Waals surface area (Å²) in [5.41, 5.74) is 1.03. The van der Waals surface area contributed by atoms with Crippen molar-refractivity contribution in [1.29, 1.82) is 0 Å². The average molecular weight is 307 g/mol. The summed E-state index contributed by atoms with van der Waals surface area (Å²) in [5, 5.41) is 4.51. The molecule has 1 nitrogen and oxygen atoms in total. The molecule has 2 rings (SSSR count). The van der Waals surface area contributed by atoms with Gasteiger partial charge in [0.2, 0.25) is 0 Å². The van der Waals surface area contributed by atoms with Gasteiger partial charge in [-0.3, -0.25) is 0 Å². The standard InChI is InChI=1S/C12H10Cl3NS/c1-16-12(10-2-3-11(15)17-10)7-4-8(13)6-9(14)5-7/h2-6,12,16H,1H3. The molecule has 0 radical (unpaired) electrons. The Morgan fingerprint density at radius 1 is 1.06 bits per heavy atom. The maximum atomic E-state index is 6.01. The third-order valence-corrected chi connectivity index (χ3v) is 4.12. The van der Waals surface area contributed by atoms with Gasteiger partial charge in [0.1, 0.15) is 0 Å². The monoisotopic (exact) mass is 305 g/mol. The molecule has 1 atom stereocenters. The zero-order chi connectivity index (χ0) is 12.4. The molecule has 1 aromatic heterocycles. The van der Waals surface area contributed by atoms with Crippen molar-refractivity contribution in [3.63, 3.8) is 0 Å². The van der Waals surface area contributed by atoms with E-state index >= 15 is 0 Å². The second-order valence-electron chi connectivity index (χ2n) is 3.57. The fraction of sp³-hybridized carbons (Fsp3) is 0.167. The Labute approximate surface area is 119 Å². The lowest BCUT2D eigenvalue weighted by Crippen LogP contribution is -2.16. The first-order chi connectivity index (χ1) is 8.10.